The molecule has 1 unspecified atom stereocenters. The van der Waals surface area contributed by atoms with Crippen molar-refractivity contribution in [3.8, 4) is 11.8 Å². The van der Waals surface area contributed by atoms with Gasteiger partial charge in [-0.15, -0.1) is 0 Å². The van der Waals surface area contributed by atoms with Gasteiger partial charge in [0.1, 0.15) is 24.7 Å². The topological polar surface area (TPSA) is 135 Å². The maximum Gasteiger partial charge on any atom is 0.407 e. The third-order valence-electron chi connectivity index (χ3n) is 7.28. The van der Waals surface area contributed by atoms with E-state index in [-0.39, 0.29) is 12.0 Å². The molecule has 47 heavy (non-hydrogen) atoms. The zero-order valence-corrected chi connectivity index (χ0v) is 27.1. The summed E-state index contributed by atoms with van der Waals surface area (Å²) in [6.45, 7) is 5.15. The van der Waals surface area contributed by atoms with Crippen molar-refractivity contribution < 1.29 is 23.8 Å². The van der Waals surface area contributed by atoms with Crippen molar-refractivity contribution in [2.45, 2.75) is 31.4 Å². The van der Waals surface area contributed by atoms with E-state index in [4.69, 9.17) is 14.7 Å². The van der Waals surface area contributed by atoms with Crippen molar-refractivity contribution in [1.29, 1.82) is 5.26 Å². The lowest BCUT2D eigenvalue weighted by Gasteiger charge is -2.24. The number of anilines is 1. The summed E-state index contributed by atoms with van der Waals surface area (Å²) < 4.78 is 15.7. The van der Waals surface area contributed by atoms with E-state index < -0.39 is 12.1 Å². The van der Waals surface area contributed by atoms with Gasteiger partial charge in [-0.05, 0) is 53.4 Å². The number of methoxy groups -OCH3 is 1. The van der Waals surface area contributed by atoms with Crippen molar-refractivity contribution in [1.82, 2.24) is 15.6 Å². The van der Waals surface area contributed by atoms with Crippen LogP contribution in [0.25, 0.3) is 0 Å². The van der Waals surface area contributed by atoms with Crippen molar-refractivity contribution in [3.63, 3.8) is 0 Å². The molecule has 2 atom stereocenters. The molecule has 0 saturated carbocycles. The average Bonchev–Trinajstić information content (AvgIpc) is 3.15. The summed E-state index contributed by atoms with van der Waals surface area (Å²) in [5.41, 5.74) is 5.00. The molecule has 10 heteroatoms. The van der Waals surface area contributed by atoms with E-state index in [1.807, 2.05) is 86.2 Å². The third-order valence-corrected chi connectivity index (χ3v) is 7.28. The number of alkyl carbamates (subject to hydrolysis) is 1. The van der Waals surface area contributed by atoms with Crippen LogP contribution in [0.5, 0.6) is 5.75 Å². The minimum Gasteiger partial charge on any atom is -0.491 e. The summed E-state index contributed by atoms with van der Waals surface area (Å²) in [6, 6.07) is 29.7. The number of hydrogen-bond acceptors (Lipinski definition) is 9. The molecule has 4 aromatic rings. The van der Waals surface area contributed by atoms with Crippen molar-refractivity contribution in [2.24, 2.45) is 0 Å². The van der Waals surface area contributed by atoms with Crippen molar-refractivity contribution >= 4 is 18.1 Å². The number of morpholine rings is 1. The minimum absolute atomic E-state index is 0.115. The Hall–Kier alpha value is -5.24. The van der Waals surface area contributed by atoms with Crippen LogP contribution < -0.4 is 20.7 Å². The Balaban J connectivity index is 0.000000204. The first kappa shape index (κ1) is 36.2. The lowest BCUT2D eigenvalue weighted by atomic mass is 9.85. The van der Waals surface area contributed by atoms with E-state index in [2.05, 4.69) is 38.7 Å². The van der Waals surface area contributed by atoms with Crippen LogP contribution in [0, 0.1) is 11.3 Å². The number of nitriles is 1. The Labute approximate surface area is 277 Å². The van der Waals surface area contributed by atoms with Crippen LogP contribution in [0.4, 0.5) is 10.5 Å². The van der Waals surface area contributed by atoms with E-state index in [1.165, 1.54) is 12.7 Å². The highest BCUT2D eigenvalue weighted by Crippen LogP contribution is 2.27. The second-order valence-corrected chi connectivity index (χ2v) is 10.4. The van der Waals surface area contributed by atoms with Crippen molar-refractivity contribution in [3.05, 3.63) is 126 Å². The maximum atomic E-state index is 11.5. The number of ether oxygens (including phenoxy) is 3. The monoisotopic (exact) mass is 637 g/mol. The lowest BCUT2D eigenvalue weighted by molar-refractivity contribution is -0.109. The molecule has 1 aliphatic heterocycles. The molecule has 2 heterocycles. The number of hydrogen-bond donors (Lipinski definition) is 3. The van der Waals surface area contributed by atoms with Crippen LogP contribution in [-0.4, -0.2) is 70.0 Å². The SMILES string of the molecule is CCc1ccncc1NC.COC(=O)NC(C=O)C(c1ccccc1)c1ccccc1.N#Cc1ccc(OC[C@@H]2CNCCO2)cc1. The van der Waals surface area contributed by atoms with E-state index >= 15 is 0 Å². The van der Waals surface area contributed by atoms with E-state index in [0.717, 1.165) is 55.0 Å². The zero-order chi connectivity index (χ0) is 33.7. The zero-order valence-electron chi connectivity index (χ0n) is 27.1. The van der Waals surface area contributed by atoms with Gasteiger partial charge in [-0.3, -0.25) is 4.98 Å². The van der Waals surface area contributed by atoms with Gasteiger partial charge in [-0.2, -0.15) is 5.26 Å². The summed E-state index contributed by atoms with van der Waals surface area (Å²) in [4.78, 5) is 26.9. The molecular formula is C37H43N5O5. The standard InChI is InChI=1S/C17H17NO3.C12H14N2O2.C8H12N2/c1-21-17(20)18-15(12-19)16(13-8-4-2-5-9-13)14-10-6-3-7-11-14;13-7-10-1-3-11(4-2-10)16-9-12-8-14-5-6-15-12;1-3-7-4-5-10-6-8(7)9-2/h2-12,15-16H,1H3,(H,18,20);1-4,12,14H,5-6,8-9H2;4-6,9H,3H2,1-2H3/t;12-;/m.0./s1. The molecule has 0 bridgehead atoms. The number of carbonyl (C=O) groups excluding carboxylic acids is 2. The highest BCUT2D eigenvalue weighted by atomic mass is 16.5. The van der Waals surface area contributed by atoms with Gasteiger partial charge in [0.25, 0.3) is 0 Å². The Kier molecular flexibility index (Phi) is 16.0. The molecule has 1 aliphatic rings. The van der Waals surface area contributed by atoms with Gasteiger partial charge in [0.2, 0.25) is 0 Å². The Morgan fingerprint density at radius 3 is 2.21 bits per heavy atom. The molecule has 10 nitrogen and oxygen atoms in total. The van der Waals surface area contributed by atoms with Gasteiger partial charge in [-0.25, -0.2) is 4.79 Å². The van der Waals surface area contributed by atoms with Crippen molar-refractivity contribution in [2.75, 3.05) is 45.8 Å². The van der Waals surface area contributed by atoms with Crippen LogP contribution in [0.15, 0.2) is 103 Å². The molecule has 1 aromatic heterocycles. The van der Waals surface area contributed by atoms with Crippen LogP contribution in [0.3, 0.4) is 0 Å². The van der Waals surface area contributed by atoms with Gasteiger partial charge in [0.15, 0.2) is 0 Å². The molecule has 246 valence electrons. The summed E-state index contributed by atoms with van der Waals surface area (Å²) in [5, 5.41) is 17.6. The number of amides is 1. The predicted octanol–water partition coefficient (Wildman–Crippen LogP) is 5.35. The van der Waals surface area contributed by atoms with Gasteiger partial charge in [-0.1, -0.05) is 67.6 Å². The van der Waals surface area contributed by atoms with Crippen LogP contribution in [0.1, 0.15) is 35.1 Å². The lowest BCUT2D eigenvalue weighted by Crippen LogP contribution is -2.41. The maximum absolute atomic E-state index is 11.5. The normalized spacial score (nSPS) is 14.1. The smallest absolute Gasteiger partial charge is 0.407 e. The van der Waals surface area contributed by atoms with E-state index in [1.54, 1.807) is 24.3 Å². The fourth-order valence-corrected chi connectivity index (χ4v) is 4.82. The number of aryl methyl sites for hydroxylation is 1. The second-order valence-electron chi connectivity index (χ2n) is 10.4. The summed E-state index contributed by atoms with van der Waals surface area (Å²) >= 11 is 0. The van der Waals surface area contributed by atoms with Gasteiger partial charge in [0.05, 0.1) is 43.3 Å². The summed E-state index contributed by atoms with van der Waals surface area (Å²) in [5.74, 6) is 0.511. The van der Waals surface area contributed by atoms with Crippen LogP contribution >= 0.6 is 0 Å². The fourth-order valence-electron chi connectivity index (χ4n) is 4.82. The first-order chi connectivity index (χ1) is 23.0. The predicted molar refractivity (Wildman–Crippen MR) is 183 cm³/mol. The van der Waals surface area contributed by atoms with Gasteiger partial charge >= 0.3 is 6.09 Å². The van der Waals surface area contributed by atoms with Crippen LogP contribution in [-0.2, 0) is 20.7 Å². The molecular weight excluding hydrogens is 594 g/mol. The summed E-state index contributed by atoms with van der Waals surface area (Å²) in [7, 11) is 3.19. The summed E-state index contributed by atoms with van der Waals surface area (Å²) in [6.07, 6.45) is 4.95. The average molecular weight is 638 g/mol. The Morgan fingerprint density at radius 1 is 1.06 bits per heavy atom. The van der Waals surface area contributed by atoms with Gasteiger partial charge in [0, 0.05) is 32.3 Å². The largest absolute Gasteiger partial charge is 0.491 e. The Morgan fingerprint density at radius 2 is 1.72 bits per heavy atom. The number of nitrogens with zero attached hydrogens (tertiary/aromatic N) is 2. The number of carbonyl (C=O) groups is 2. The number of pyridine rings is 1. The first-order valence-electron chi connectivity index (χ1n) is 15.5. The molecule has 1 amide bonds. The first-order valence-corrected chi connectivity index (χ1v) is 15.5. The number of aromatic nitrogens is 1. The van der Waals surface area contributed by atoms with E-state index in [0.29, 0.717) is 12.2 Å². The van der Waals surface area contributed by atoms with Gasteiger partial charge < -0.3 is 35.0 Å². The molecule has 0 aliphatic carbocycles. The molecule has 0 radical (unpaired) electrons. The number of benzene rings is 3. The highest BCUT2D eigenvalue weighted by molar-refractivity contribution is 5.74. The molecule has 5 rings (SSSR count). The molecule has 3 N–H and O–H groups in total. The number of nitrogens with one attached hydrogen (secondary N) is 3. The minimum atomic E-state index is -0.692. The Bertz CT molecular complexity index is 1450. The van der Waals surface area contributed by atoms with E-state index in [9.17, 15) is 9.59 Å². The second kappa shape index (κ2) is 20.7. The fraction of sp³-hybridized carbons (Fsp3) is 0.297. The molecule has 3 aromatic carbocycles. The third kappa shape index (κ3) is 12.2. The number of rotatable bonds is 10. The highest BCUT2D eigenvalue weighted by Gasteiger charge is 2.26. The van der Waals surface area contributed by atoms with Crippen LogP contribution in [0.2, 0.25) is 0 Å². The molecule has 0 spiro atoms. The quantitative estimate of drug-likeness (QED) is 0.197. The number of aldehydes is 1. The molecule has 1 fully saturated rings. The molecule has 1 saturated heterocycles.